The number of nitrogens with zero attached hydrogens (tertiary/aromatic N) is 3. The van der Waals surface area contributed by atoms with E-state index < -0.39 is 8.07 Å². The molecule has 6 aromatic rings. The van der Waals surface area contributed by atoms with Gasteiger partial charge >= 0.3 is 0 Å². The molecular weight excluding hydrogens is 723 g/mol. The summed E-state index contributed by atoms with van der Waals surface area (Å²) in [5.41, 5.74) is 8.22. The molecule has 4 heterocycles. The van der Waals surface area contributed by atoms with Crippen LogP contribution in [0.25, 0.3) is 44.6 Å². The Hall–Kier alpha value is -3.44. The minimum absolute atomic E-state index is 0. The Morgan fingerprint density at radius 1 is 0.814 bits per heavy atom. The molecule has 0 amide bonds. The molecule has 0 N–H and O–H groups in total. The van der Waals surface area contributed by atoms with Crippen molar-refractivity contribution < 1.29 is 24.5 Å². The summed E-state index contributed by atoms with van der Waals surface area (Å²) in [6.07, 6.45) is 6.84. The fourth-order valence-corrected chi connectivity index (χ4v) is 6.81. The van der Waals surface area contributed by atoms with Crippen LogP contribution in [0.2, 0.25) is 19.6 Å². The van der Waals surface area contributed by atoms with Crippen molar-refractivity contribution in [2.75, 3.05) is 0 Å². The van der Waals surface area contributed by atoms with E-state index in [1.807, 2.05) is 48.7 Å². The Morgan fingerprint density at radius 3 is 2.33 bits per heavy atom. The van der Waals surface area contributed by atoms with Crippen LogP contribution in [0.15, 0.2) is 89.7 Å². The summed E-state index contributed by atoms with van der Waals surface area (Å²) in [7, 11) is -1.34. The van der Waals surface area contributed by atoms with Crippen LogP contribution < -0.4 is 5.19 Å². The summed E-state index contributed by atoms with van der Waals surface area (Å²) >= 11 is 0. The molecule has 0 saturated heterocycles. The maximum Gasteiger partial charge on any atom is 0.215 e. The molecule has 6 heteroatoms. The number of furan rings is 1. The smallest absolute Gasteiger partial charge is 0.215 e. The number of rotatable bonds is 6. The van der Waals surface area contributed by atoms with E-state index in [4.69, 9.17) is 4.42 Å². The first-order valence-electron chi connectivity index (χ1n) is 14.7. The molecule has 0 atom stereocenters. The van der Waals surface area contributed by atoms with Crippen LogP contribution >= 0.6 is 0 Å². The van der Waals surface area contributed by atoms with E-state index in [2.05, 4.69) is 105 Å². The SMILES string of the molecule is CC(C)Cc1cc(-c2[c-]cccc2)ncc1[Si](C)(C)C.CC(C)c1ccnc(-c2[c-]ccc3oc4ncccc4c23)c1.[Ir]. The monoisotopic (exact) mass is 762 g/mol. The van der Waals surface area contributed by atoms with Gasteiger partial charge in [0.05, 0.1) is 13.7 Å². The van der Waals surface area contributed by atoms with Crippen molar-refractivity contribution in [1.29, 1.82) is 0 Å². The van der Waals surface area contributed by atoms with Crippen LogP contribution in [0.4, 0.5) is 0 Å². The molecule has 43 heavy (non-hydrogen) atoms. The molecule has 2 aromatic carbocycles. The van der Waals surface area contributed by atoms with Crippen molar-refractivity contribution in [3.05, 3.63) is 109 Å². The van der Waals surface area contributed by atoms with Crippen molar-refractivity contribution in [2.24, 2.45) is 5.92 Å². The largest absolute Gasteiger partial charge is 0.458 e. The number of pyridine rings is 3. The second-order valence-corrected chi connectivity index (χ2v) is 17.6. The van der Waals surface area contributed by atoms with Gasteiger partial charge in [-0.2, -0.15) is 0 Å². The van der Waals surface area contributed by atoms with Crippen LogP contribution in [-0.2, 0) is 26.5 Å². The van der Waals surface area contributed by atoms with Gasteiger partial charge in [0.25, 0.3) is 0 Å². The maximum atomic E-state index is 5.83. The van der Waals surface area contributed by atoms with Gasteiger partial charge in [-0.1, -0.05) is 88.1 Å². The number of aromatic nitrogens is 3. The minimum atomic E-state index is -1.34. The number of hydrogen-bond donors (Lipinski definition) is 0. The molecule has 0 aliphatic carbocycles. The summed E-state index contributed by atoms with van der Waals surface area (Å²) in [4.78, 5) is 13.5. The topological polar surface area (TPSA) is 51.8 Å². The second-order valence-electron chi connectivity index (χ2n) is 12.5. The second kappa shape index (κ2) is 13.9. The molecule has 0 aliphatic heterocycles. The van der Waals surface area contributed by atoms with E-state index in [-0.39, 0.29) is 20.1 Å². The Balaban J connectivity index is 0.000000194. The van der Waals surface area contributed by atoms with Crippen LogP contribution in [-0.4, -0.2) is 23.0 Å². The average Bonchev–Trinajstić information content (AvgIpc) is 3.36. The molecule has 0 fully saturated rings. The molecule has 0 bridgehead atoms. The summed E-state index contributed by atoms with van der Waals surface area (Å²) in [5, 5.41) is 3.52. The van der Waals surface area contributed by atoms with Gasteiger partial charge in [-0.05, 0) is 47.0 Å². The zero-order valence-corrected chi connectivity index (χ0v) is 29.4. The number of fused-ring (bicyclic) bond motifs is 3. The molecule has 223 valence electrons. The van der Waals surface area contributed by atoms with Crippen molar-refractivity contribution in [2.45, 2.75) is 59.7 Å². The number of hydrogen-bond acceptors (Lipinski definition) is 4. The van der Waals surface area contributed by atoms with E-state index in [1.165, 1.54) is 16.3 Å². The van der Waals surface area contributed by atoms with Crippen LogP contribution in [0.3, 0.4) is 0 Å². The first-order valence-corrected chi connectivity index (χ1v) is 18.2. The third kappa shape index (κ3) is 7.56. The molecule has 6 rings (SSSR count). The first-order chi connectivity index (χ1) is 20.1. The van der Waals surface area contributed by atoms with Crippen molar-refractivity contribution in [1.82, 2.24) is 15.0 Å². The van der Waals surface area contributed by atoms with Gasteiger partial charge in [0.2, 0.25) is 5.71 Å². The summed E-state index contributed by atoms with van der Waals surface area (Å²) in [5.74, 6) is 1.13. The van der Waals surface area contributed by atoms with E-state index >= 15 is 0 Å². The van der Waals surface area contributed by atoms with Crippen molar-refractivity contribution in [3.63, 3.8) is 0 Å². The minimum Gasteiger partial charge on any atom is -0.458 e. The Labute approximate surface area is 270 Å². The van der Waals surface area contributed by atoms with Crippen molar-refractivity contribution >= 4 is 35.3 Å². The van der Waals surface area contributed by atoms with Crippen LogP contribution in [0.5, 0.6) is 0 Å². The molecule has 0 spiro atoms. The standard InChI is InChI=1S/C19H15N2O.C18H24NSi.Ir/c1-12(2)13-8-10-20-16(11-13)14-5-3-7-17-18(14)15-6-4-9-21-19(15)22-17;1-14(2)11-16-12-17(15-9-7-6-8-10-15)19-13-18(16)20(3,4)5;/h3-4,6-12H,1-2H3;6-9,12-14H,11H2,1-5H3;/q2*-1;. The molecule has 0 saturated carbocycles. The summed E-state index contributed by atoms with van der Waals surface area (Å²) < 4.78 is 5.83. The quantitative estimate of drug-likeness (QED) is 0.126. The predicted molar refractivity (Wildman–Crippen MR) is 178 cm³/mol. The van der Waals surface area contributed by atoms with Gasteiger partial charge in [0.1, 0.15) is 0 Å². The Bertz CT molecular complexity index is 1810. The third-order valence-electron chi connectivity index (χ3n) is 7.32. The van der Waals surface area contributed by atoms with E-state index in [0.29, 0.717) is 17.5 Å². The number of benzene rings is 2. The maximum absolute atomic E-state index is 5.83. The van der Waals surface area contributed by atoms with Crippen LogP contribution in [0, 0.1) is 18.1 Å². The third-order valence-corrected chi connectivity index (χ3v) is 9.39. The molecule has 0 unspecified atom stereocenters. The molecule has 1 radical (unpaired) electrons. The van der Waals surface area contributed by atoms with E-state index in [0.717, 1.165) is 45.3 Å². The fourth-order valence-electron chi connectivity index (χ4n) is 5.22. The normalized spacial score (nSPS) is 11.5. The Morgan fingerprint density at radius 2 is 1.63 bits per heavy atom. The average molecular weight is 762 g/mol. The van der Waals surface area contributed by atoms with Crippen LogP contribution in [0.1, 0.15) is 44.7 Å². The molecule has 0 aliphatic rings. The molecule has 4 nitrogen and oxygen atoms in total. The fraction of sp³-hybridized carbons (Fsp3) is 0.270. The summed E-state index contributed by atoms with van der Waals surface area (Å²) in [6.45, 7) is 16.1. The zero-order chi connectivity index (χ0) is 29.9. The van der Waals surface area contributed by atoms with Gasteiger partial charge in [-0.15, -0.1) is 53.6 Å². The van der Waals surface area contributed by atoms with Gasteiger partial charge in [-0.3, -0.25) is 0 Å². The molecule has 4 aromatic heterocycles. The van der Waals surface area contributed by atoms with E-state index in [9.17, 15) is 0 Å². The van der Waals surface area contributed by atoms with Gasteiger partial charge < -0.3 is 14.4 Å². The predicted octanol–water partition coefficient (Wildman–Crippen LogP) is 9.26. The van der Waals surface area contributed by atoms with E-state index in [1.54, 1.807) is 6.20 Å². The first kappa shape index (κ1) is 32.5. The van der Waals surface area contributed by atoms with Crippen molar-refractivity contribution in [3.8, 4) is 22.5 Å². The van der Waals surface area contributed by atoms with Gasteiger partial charge in [0, 0.05) is 44.1 Å². The van der Waals surface area contributed by atoms with Gasteiger partial charge in [-0.25, -0.2) is 4.98 Å². The molecular formula is C37H39IrN3OSi-2. The van der Waals surface area contributed by atoms with Gasteiger partial charge in [0.15, 0.2) is 0 Å². The zero-order valence-electron chi connectivity index (χ0n) is 26.0. The summed E-state index contributed by atoms with van der Waals surface area (Å²) in [6, 6.07) is 28.9. The Kier molecular flexibility index (Phi) is 10.5.